The van der Waals surface area contributed by atoms with Crippen LogP contribution in [-0.2, 0) is 13.0 Å². The average Bonchev–Trinajstić information content (AvgIpc) is 2.96. The summed E-state index contributed by atoms with van der Waals surface area (Å²) in [6.07, 6.45) is 4.29. The van der Waals surface area contributed by atoms with Crippen LogP contribution in [0.3, 0.4) is 0 Å². The van der Waals surface area contributed by atoms with E-state index >= 15 is 0 Å². The molecule has 0 fully saturated rings. The first-order valence-electron chi connectivity index (χ1n) is 7.52. The molecule has 4 rings (SSSR count). The lowest BCUT2D eigenvalue weighted by Crippen LogP contribution is -2.29. The molecular weight excluding hydrogens is 292 g/mol. The molecule has 0 unspecified atom stereocenters. The summed E-state index contributed by atoms with van der Waals surface area (Å²) in [7, 11) is 2.06. The Labute approximate surface area is 133 Å². The van der Waals surface area contributed by atoms with Gasteiger partial charge in [0.2, 0.25) is 0 Å². The zero-order chi connectivity index (χ0) is 15.8. The van der Waals surface area contributed by atoms with Gasteiger partial charge in [-0.2, -0.15) is 4.98 Å². The van der Waals surface area contributed by atoms with Gasteiger partial charge in [0.25, 0.3) is 5.91 Å². The summed E-state index contributed by atoms with van der Waals surface area (Å²) < 4.78 is 5.55. The molecular formula is C17H16N4O2. The number of likely N-dealkylation sites (N-methyl/N-ethyl adjacent to an activating group) is 1. The molecule has 1 aliphatic rings. The first-order valence-corrected chi connectivity index (χ1v) is 7.52. The van der Waals surface area contributed by atoms with Crippen LogP contribution >= 0.6 is 0 Å². The van der Waals surface area contributed by atoms with E-state index in [1.807, 2.05) is 30.5 Å². The highest BCUT2D eigenvalue weighted by molar-refractivity contribution is 6.04. The number of para-hydroxylation sites is 2. The molecule has 1 aliphatic heterocycles. The number of carbonyl (C=O) groups excluding carboxylic acids is 1. The van der Waals surface area contributed by atoms with Crippen molar-refractivity contribution in [2.75, 3.05) is 18.9 Å². The fourth-order valence-electron chi connectivity index (χ4n) is 2.92. The molecule has 2 aromatic heterocycles. The molecule has 0 aliphatic carbocycles. The molecule has 0 saturated carbocycles. The van der Waals surface area contributed by atoms with E-state index in [2.05, 4.69) is 27.2 Å². The molecule has 1 amide bonds. The van der Waals surface area contributed by atoms with Crippen LogP contribution in [-0.4, -0.2) is 34.4 Å². The van der Waals surface area contributed by atoms with E-state index in [1.165, 1.54) is 0 Å². The Bertz CT molecular complexity index is 854. The van der Waals surface area contributed by atoms with Crippen LogP contribution in [0, 0.1) is 0 Å². The van der Waals surface area contributed by atoms with Crippen LogP contribution in [0.4, 0.5) is 6.01 Å². The van der Waals surface area contributed by atoms with E-state index < -0.39 is 0 Å². The minimum Gasteiger partial charge on any atom is -0.423 e. The van der Waals surface area contributed by atoms with Crippen LogP contribution < -0.4 is 5.32 Å². The van der Waals surface area contributed by atoms with Crippen molar-refractivity contribution in [1.82, 2.24) is 14.9 Å². The number of fused-ring (bicyclic) bond motifs is 2. The van der Waals surface area contributed by atoms with Gasteiger partial charge >= 0.3 is 6.01 Å². The summed E-state index contributed by atoms with van der Waals surface area (Å²) in [6, 6.07) is 7.62. The quantitative estimate of drug-likeness (QED) is 0.787. The number of nitrogens with one attached hydrogen (secondary N) is 1. The fourth-order valence-corrected chi connectivity index (χ4v) is 2.92. The molecule has 23 heavy (non-hydrogen) atoms. The number of hydrogen-bond acceptors (Lipinski definition) is 5. The zero-order valence-corrected chi connectivity index (χ0v) is 12.7. The molecule has 1 aromatic carbocycles. The van der Waals surface area contributed by atoms with Crippen molar-refractivity contribution in [2.45, 2.75) is 13.0 Å². The molecule has 0 saturated heterocycles. The Morgan fingerprint density at radius 3 is 3.04 bits per heavy atom. The van der Waals surface area contributed by atoms with Crippen molar-refractivity contribution in [1.29, 1.82) is 0 Å². The van der Waals surface area contributed by atoms with E-state index in [1.54, 1.807) is 6.20 Å². The number of anilines is 1. The predicted octanol–water partition coefficient (Wildman–Crippen LogP) is 2.46. The number of rotatable bonds is 2. The van der Waals surface area contributed by atoms with E-state index in [9.17, 15) is 4.79 Å². The number of aromatic nitrogens is 2. The fraction of sp³-hybridized carbons (Fsp3) is 0.235. The van der Waals surface area contributed by atoms with Crippen molar-refractivity contribution in [3.63, 3.8) is 0 Å². The van der Waals surface area contributed by atoms with Crippen LogP contribution in [0.25, 0.3) is 11.1 Å². The Kier molecular flexibility index (Phi) is 3.31. The third-order valence-electron chi connectivity index (χ3n) is 4.09. The first kappa shape index (κ1) is 13.9. The number of hydrogen-bond donors (Lipinski definition) is 1. The maximum atomic E-state index is 12.6. The summed E-state index contributed by atoms with van der Waals surface area (Å²) in [5.74, 6) is -0.231. The Hall–Kier alpha value is -2.73. The summed E-state index contributed by atoms with van der Waals surface area (Å²) >= 11 is 0. The lowest BCUT2D eigenvalue weighted by Gasteiger charge is -2.25. The molecule has 0 atom stereocenters. The molecule has 3 aromatic rings. The second kappa shape index (κ2) is 5.48. The number of oxazole rings is 1. The number of pyridine rings is 1. The molecule has 6 heteroatoms. The van der Waals surface area contributed by atoms with Gasteiger partial charge in [-0.25, -0.2) is 0 Å². The summed E-state index contributed by atoms with van der Waals surface area (Å²) in [4.78, 5) is 23.3. The van der Waals surface area contributed by atoms with Gasteiger partial charge in [0.1, 0.15) is 5.52 Å². The minimum absolute atomic E-state index is 0.210. The second-order valence-electron chi connectivity index (χ2n) is 5.75. The lowest BCUT2D eigenvalue weighted by atomic mass is 9.97. The zero-order valence-electron chi connectivity index (χ0n) is 12.7. The van der Waals surface area contributed by atoms with E-state index in [0.717, 1.165) is 36.2 Å². The molecule has 0 bridgehead atoms. The topological polar surface area (TPSA) is 71.3 Å². The van der Waals surface area contributed by atoms with Crippen molar-refractivity contribution >= 4 is 23.0 Å². The van der Waals surface area contributed by atoms with Gasteiger partial charge in [-0.15, -0.1) is 0 Å². The number of amides is 1. The van der Waals surface area contributed by atoms with Gasteiger partial charge in [-0.05, 0) is 36.7 Å². The largest absolute Gasteiger partial charge is 0.423 e. The Morgan fingerprint density at radius 2 is 2.17 bits per heavy atom. The van der Waals surface area contributed by atoms with Gasteiger partial charge in [-0.1, -0.05) is 12.1 Å². The predicted molar refractivity (Wildman–Crippen MR) is 86.2 cm³/mol. The molecule has 6 nitrogen and oxygen atoms in total. The van der Waals surface area contributed by atoms with E-state index in [4.69, 9.17) is 4.42 Å². The van der Waals surface area contributed by atoms with Gasteiger partial charge in [-0.3, -0.25) is 15.1 Å². The van der Waals surface area contributed by atoms with Crippen molar-refractivity contribution in [3.8, 4) is 0 Å². The van der Waals surface area contributed by atoms with Crippen LogP contribution in [0.1, 0.15) is 21.5 Å². The molecule has 1 N–H and O–H groups in total. The summed E-state index contributed by atoms with van der Waals surface area (Å²) in [5, 5.41) is 2.74. The molecule has 0 radical (unpaired) electrons. The normalized spacial score (nSPS) is 14.7. The van der Waals surface area contributed by atoms with Crippen LogP contribution in [0.15, 0.2) is 41.1 Å². The summed E-state index contributed by atoms with van der Waals surface area (Å²) in [5.41, 5.74) is 4.13. The second-order valence-corrected chi connectivity index (χ2v) is 5.75. The van der Waals surface area contributed by atoms with Gasteiger partial charge < -0.3 is 9.32 Å². The van der Waals surface area contributed by atoms with Crippen LogP contribution in [0.5, 0.6) is 0 Å². The Morgan fingerprint density at radius 1 is 1.30 bits per heavy atom. The van der Waals surface area contributed by atoms with Crippen molar-refractivity contribution in [2.24, 2.45) is 0 Å². The van der Waals surface area contributed by atoms with E-state index in [0.29, 0.717) is 11.1 Å². The number of carbonyl (C=O) groups is 1. The summed E-state index contributed by atoms with van der Waals surface area (Å²) in [6.45, 7) is 1.74. The van der Waals surface area contributed by atoms with Gasteiger partial charge in [0.15, 0.2) is 5.58 Å². The molecule has 0 spiro atoms. The maximum Gasteiger partial charge on any atom is 0.302 e. The molecule has 3 heterocycles. The van der Waals surface area contributed by atoms with Crippen molar-refractivity contribution < 1.29 is 9.21 Å². The lowest BCUT2D eigenvalue weighted by molar-refractivity contribution is 0.102. The highest BCUT2D eigenvalue weighted by atomic mass is 16.4. The third-order valence-corrected chi connectivity index (χ3v) is 4.09. The highest BCUT2D eigenvalue weighted by Gasteiger charge is 2.21. The number of nitrogens with zero attached hydrogens (tertiary/aromatic N) is 3. The smallest absolute Gasteiger partial charge is 0.302 e. The standard InChI is InChI=1S/C17H16N4O2/c1-21-7-6-12-11(10-21)8-18-9-13(12)16(22)20-17-19-14-4-2-3-5-15(14)23-17/h2-5,8-9H,6-7,10H2,1H3,(H,19,20,22). The van der Waals surface area contributed by atoms with Crippen molar-refractivity contribution in [3.05, 3.63) is 53.3 Å². The SMILES string of the molecule is CN1CCc2c(cncc2C(=O)Nc2nc3ccccc3o2)C1. The van der Waals surface area contributed by atoms with Gasteiger partial charge in [0.05, 0.1) is 5.56 Å². The third kappa shape index (κ3) is 2.57. The average molecular weight is 308 g/mol. The highest BCUT2D eigenvalue weighted by Crippen LogP contribution is 2.23. The monoisotopic (exact) mass is 308 g/mol. The van der Waals surface area contributed by atoms with Gasteiger partial charge in [0, 0.05) is 25.5 Å². The van der Waals surface area contributed by atoms with Crippen LogP contribution in [0.2, 0.25) is 0 Å². The first-order chi connectivity index (χ1) is 11.2. The minimum atomic E-state index is -0.231. The Balaban J connectivity index is 1.63. The maximum absolute atomic E-state index is 12.6. The number of benzene rings is 1. The molecule has 116 valence electrons. The van der Waals surface area contributed by atoms with E-state index in [-0.39, 0.29) is 11.9 Å².